The SMILES string of the molecule is Cc1ccc(C2=C(N(C)CCO)C(=O)N(c3cccc(F)c3)C2=O)cc1. The second-order valence-corrected chi connectivity index (χ2v) is 6.16. The third-order valence-corrected chi connectivity index (χ3v) is 4.28. The van der Waals surface area contributed by atoms with E-state index < -0.39 is 17.6 Å². The summed E-state index contributed by atoms with van der Waals surface area (Å²) in [5.41, 5.74) is 2.25. The fraction of sp³-hybridized carbons (Fsp3) is 0.200. The maximum Gasteiger partial charge on any atom is 0.282 e. The molecule has 0 fully saturated rings. The molecule has 1 aliphatic rings. The van der Waals surface area contributed by atoms with Gasteiger partial charge in [-0.3, -0.25) is 9.59 Å². The molecule has 0 spiro atoms. The number of carbonyl (C=O) groups is 2. The van der Waals surface area contributed by atoms with Crippen LogP contribution in [-0.4, -0.2) is 42.0 Å². The number of anilines is 1. The smallest absolute Gasteiger partial charge is 0.282 e. The zero-order valence-electron chi connectivity index (χ0n) is 14.6. The Morgan fingerprint density at radius 1 is 1.08 bits per heavy atom. The number of amides is 2. The van der Waals surface area contributed by atoms with Crippen LogP contribution in [0.5, 0.6) is 0 Å². The van der Waals surface area contributed by atoms with Crippen LogP contribution >= 0.6 is 0 Å². The zero-order valence-corrected chi connectivity index (χ0v) is 14.6. The average Bonchev–Trinajstić information content (AvgIpc) is 2.86. The van der Waals surface area contributed by atoms with Gasteiger partial charge in [-0.15, -0.1) is 0 Å². The van der Waals surface area contributed by atoms with Gasteiger partial charge in [-0.2, -0.15) is 0 Å². The largest absolute Gasteiger partial charge is 0.395 e. The van der Waals surface area contributed by atoms with E-state index in [-0.39, 0.29) is 30.1 Å². The van der Waals surface area contributed by atoms with E-state index in [0.717, 1.165) is 16.5 Å². The highest BCUT2D eigenvalue weighted by molar-refractivity contribution is 6.45. The van der Waals surface area contributed by atoms with E-state index in [1.54, 1.807) is 24.1 Å². The van der Waals surface area contributed by atoms with Crippen molar-refractivity contribution >= 4 is 23.1 Å². The molecule has 0 saturated carbocycles. The summed E-state index contributed by atoms with van der Waals surface area (Å²) in [5.74, 6) is -1.58. The van der Waals surface area contributed by atoms with Gasteiger partial charge < -0.3 is 10.0 Å². The number of benzene rings is 2. The molecule has 0 radical (unpaired) electrons. The van der Waals surface area contributed by atoms with Crippen LogP contribution < -0.4 is 4.90 Å². The van der Waals surface area contributed by atoms with Crippen molar-refractivity contribution < 1.29 is 19.1 Å². The molecule has 26 heavy (non-hydrogen) atoms. The van der Waals surface area contributed by atoms with Crippen molar-refractivity contribution in [3.8, 4) is 0 Å². The third kappa shape index (κ3) is 3.11. The van der Waals surface area contributed by atoms with Crippen LogP contribution in [0.4, 0.5) is 10.1 Å². The number of aliphatic hydroxyl groups is 1. The van der Waals surface area contributed by atoms with Gasteiger partial charge in [0.15, 0.2) is 0 Å². The predicted molar refractivity (Wildman–Crippen MR) is 96.7 cm³/mol. The van der Waals surface area contributed by atoms with Crippen molar-refractivity contribution in [3.05, 3.63) is 71.2 Å². The van der Waals surface area contributed by atoms with E-state index in [9.17, 15) is 19.1 Å². The summed E-state index contributed by atoms with van der Waals surface area (Å²) in [7, 11) is 1.64. The van der Waals surface area contributed by atoms with Gasteiger partial charge in [0.25, 0.3) is 11.8 Å². The van der Waals surface area contributed by atoms with Crippen LogP contribution in [0.15, 0.2) is 54.2 Å². The standard InChI is InChI=1S/C20H19FN2O3/c1-13-6-8-14(9-7-13)17-18(22(2)10-11-24)20(26)23(19(17)25)16-5-3-4-15(21)12-16/h3-9,12,24H,10-11H2,1-2H3. The quantitative estimate of drug-likeness (QED) is 0.838. The summed E-state index contributed by atoms with van der Waals surface area (Å²) in [6.07, 6.45) is 0. The summed E-state index contributed by atoms with van der Waals surface area (Å²) >= 11 is 0. The molecule has 0 saturated heterocycles. The highest BCUT2D eigenvalue weighted by Gasteiger charge is 2.41. The molecule has 1 aliphatic heterocycles. The number of halogens is 1. The van der Waals surface area contributed by atoms with E-state index in [0.29, 0.717) is 5.56 Å². The maximum absolute atomic E-state index is 13.6. The summed E-state index contributed by atoms with van der Waals surface area (Å²) in [4.78, 5) is 28.6. The Bertz CT molecular complexity index is 890. The van der Waals surface area contributed by atoms with Gasteiger partial charge in [0, 0.05) is 13.6 Å². The van der Waals surface area contributed by atoms with Crippen molar-refractivity contribution in [1.82, 2.24) is 4.90 Å². The monoisotopic (exact) mass is 354 g/mol. The number of rotatable bonds is 5. The fourth-order valence-corrected chi connectivity index (χ4v) is 2.96. The molecule has 1 N–H and O–H groups in total. The fourth-order valence-electron chi connectivity index (χ4n) is 2.96. The van der Waals surface area contributed by atoms with Crippen LogP contribution in [0, 0.1) is 12.7 Å². The number of nitrogens with zero attached hydrogens (tertiary/aromatic N) is 2. The Morgan fingerprint density at radius 3 is 2.38 bits per heavy atom. The Labute approximate surface area is 151 Å². The number of hydrogen-bond acceptors (Lipinski definition) is 4. The molecular weight excluding hydrogens is 335 g/mol. The van der Waals surface area contributed by atoms with Crippen LogP contribution in [0.2, 0.25) is 0 Å². The van der Waals surface area contributed by atoms with Crippen LogP contribution in [0.1, 0.15) is 11.1 Å². The van der Waals surface area contributed by atoms with Crippen molar-refractivity contribution in [3.63, 3.8) is 0 Å². The minimum absolute atomic E-state index is 0.164. The van der Waals surface area contributed by atoms with Gasteiger partial charge in [-0.1, -0.05) is 35.9 Å². The van der Waals surface area contributed by atoms with E-state index in [1.807, 2.05) is 19.1 Å². The summed E-state index contributed by atoms with van der Waals surface area (Å²) in [6, 6.07) is 12.6. The topological polar surface area (TPSA) is 60.9 Å². The third-order valence-electron chi connectivity index (χ3n) is 4.28. The minimum Gasteiger partial charge on any atom is -0.395 e. The first-order chi connectivity index (χ1) is 12.4. The normalized spacial score (nSPS) is 14.4. The van der Waals surface area contributed by atoms with Gasteiger partial charge in [0.2, 0.25) is 0 Å². The Morgan fingerprint density at radius 2 is 1.77 bits per heavy atom. The number of aliphatic hydroxyl groups excluding tert-OH is 1. The molecule has 2 amide bonds. The van der Waals surface area contributed by atoms with E-state index in [2.05, 4.69) is 0 Å². The lowest BCUT2D eigenvalue weighted by Gasteiger charge is -2.20. The van der Waals surface area contributed by atoms with E-state index >= 15 is 0 Å². The molecule has 2 aromatic carbocycles. The number of aryl methyl sites for hydroxylation is 1. The Balaban J connectivity index is 2.13. The molecule has 5 nitrogen and oxygen atoms in total. The molecule has 0 aliphatic carbocycles. The zero-order chi connectivity index (χ0) is 18.8. The first-order valence-electron chi connectivity index (χ1n) is 8.21. The second-order valence-electron chi connectivity index (χ2n) is 6.16. The van der Waals surface area contributed by atoms with Crippen molar-refractivity contribution in [2.75, 3.05) is 25.1 Å². The second kappa shape index (κ2) is 7.09. The lowest BCUT2D eigenvalue weighted by Crippen LogP contribution is -2.34. The molecule has 0 unspecified atom stereocenters. The molecule has 0 bridgehead atoms. The van der Waals surface area contributed by atoms with Gasteiger partial charge >= 0.3 is 0 Å². The molecule has 0 aromatic heterocycles. The van der Waals surface area contributed by atoms with Crippen molar-refractivity contribution in [2.45, 2.75) is 6.92 Å². The molecule has 6 heteroatoms. The average molecular weight is 354 g/mol. The molecular formula is C20H19FN2O3. The van der Waals surface area contributed by atoms with Gasteiger partial charge in [-0.25, -0.2) is 9.29 Å². The Kier molecular flexibility index (Phi) is 4.86. The van der Waals surface area contributed by atoms with Crippen LogP contribution in [-0.2, 0) is 9.59 Å². The van der Waals surface area contributed by atoms with Gasteiger partial charge in [0.1, 0.15) is 11.5 Å². The summed E-state index contributed by atoms with van der Waals surface area (Å²) < 4.78 is 13.6. The molecule has 2 aromatic rings. The molecule has 3 rings (SSSR count). The van der Waals surface area contributed by atoms with Crippen LogP contribution in [0.3, 0.4) is 0 Å². The lowest BCUT2D eigenvalue weighted by molar-refractivity contribution is -0.120. The number of likely N-dealkylation sites (N-methyl/N-ethyl adjacent to an activating group) is 1. The highest BCUT2D eigenvalue weighted by atomic mass is 19.1. The molecule has 0 atom stereocenters. The first kappa shape index (κ1) is 17.8. The molecule has 134 valence electrons. The van der Waals surface area contributed by atoms with E-state index in [1.165, 1.54) is 18.2 Å². The van der Waals surface area contributed by atoms with Crippen molar-refractivity contribution in [1.29, 1.82) is 0 Å². The number of carbonyl (C=O) groups excluding carboxylic acids is 2. The minimum atomic E-state index is -0.535. The summed E-state index contributed by atoms with van der Waals surface area (Å²) in [6.45, 7) is 1.96. The Hall–Kier alpha value is -2.99. The lowest BCUT2D eigenvalue weighted by atomic mass is 10.0. The number of hydrogen-bond donors (Lipinski definition) is 1. The predicted octanol–water partition coefficient (Wildman–Crippen LogP) is 2.34. The van der Waals surface area contributed by atoms with Crippen molar-refractivity contribution in [2.24, 2.45) is 0 Å². The molecule has 1 heterocycles. The maximum atomic E-state index is 13.6. The summed E-state index contributed by atoms with van der Waals surface area (Å²) in [5, 5.41) is 9.24. The van der Waals surface area contributed by atoms with E-state index in [4.69, 9.17) is 0 Å². The number of imide groups is 1. The van der Waals surface area contributed by atoms with Gasteiger partial charge in [0.05, 0.1) is 17.9 Å². The highest BCUT2D eigenvalue weighted by Crippen LogP contribution is 2.34. The first-order valence-corrected chi connectivity index (χ1v) is 8.21. The van der Waals surface area contributed by atoms with Crippen LogP contribution in [0.25, 0.3) is 5.57 Å². The van der Waals surface area contributed by atoms with Gasteiger partial charge in [-0.05, 0) is 30.7 Å².